The third-order valence-corrected chi connectivity index (χ3v) is 2.26. The summed E-state index contributed by atoms with van der Waals surface area (Å²) in [7, 11) is 1.55. The molecule has 2 rings (SSSR count). The molecule has 0 aromatic heterocycles. The van der Waals surface area contributed by atoms with Crippen LogP contribution in [0.2, 0.25) is 0 Å². The van der Waals surface area contributed by atoms with E-state index >= 15 is 0 Å². The molecule has 0 radical (unpaired) electrons. The molecule has 2 aromatic rings. The SMILES string of the molecule is COc1ccc(F)cc1.Oc1ccccc1C(F)(F)F. The van der Waals surface area contributed by atoms with Gasteiger partial charge in [-0.15, -0.1) is 0 Å². The maximum atomic E-state index is 12.2. The van der Waals surface area contributed by atoms with Gasteiger partial charge in [0, 0.05) is 0 Å². The van der Waals surface area contributed by atoms with Gasteiger partial charge in [0.05, 0.1) is 12.7 Å². The molecule has 0 fully saturated rings. The van der Waals surface area contributed by atoms with Crippen LogP contribution in [-0.2, 0) is 6.18 Å². The highest BCUT2D eigenvalue weighted by atomic mass is 19.4. The minimum atomic E-state index is -4.47. The number of phenolic OH excluding ortho intramolecular Hbond substituents is 1. The summed E-state index contributed by atoms with van der Waals surface area (Å²) in [5.41, 5.74) is -1.000. The van der Waals surface area contributed by atoms with Crippen molar-refractivity contribution < 1.29 is 27.4 Å². The van der Waals surface area contributed by atoms with Crippen LogP contribution in [0, 0.1) is 5.82 Å². The Balaban J connectivity index is 0.000000204. The van der Waals surface area contributed by atoms with E-state index in [2.05, 4.69) is 0 Å². The molecule has 108 valence electrons. The first kappa shape index (κ1) is 15.8. The summed E-state index contributed by atoms with van der Waals surface area (Å²) >= 11 is 0. The van der Waals surface area contributed by atoms with Gasteiger partial charge in [0.1, 0.15) is 17.3 Å². The van der Waals surface area contributed by atoms with Crippen molar-refractivity contribution in [2.75, 3.05) is 7.11 Å². The first-order valence-corrected chi connectivity index (χ1v) is 5.49. The monoisotopic (exact) mass is 288 g/mol. The summed E-state index contributed by atoms with van der Waals surface area (Å²) in [6, 6.07) is 10.3. The van der Waals surface area contributed by atoms with Gasteiger partial charge in [-0.1, -0.05) is 12.1 Å². The molecule has 6 heteroatoms. The van der Waals surface area contributed by atoms with E-state index in [0.717, 1.165) is 12.1 Å². The number of benzene rings is 2. The number of methoxy groups -OCH3 is 1. The van der Waals surface area contributed by atoms with Gasteiger partial charge >= 0.3 is 6.18 Å². The molecule has 20 heavy (non-hydrogen) atoms. The zero-order valence-corrected chi connectivity index (χ0v) is 10.5. The van der Waals surface area contributed by atoms with Crippen molar-refractivity contribution in [3.63, 3.8) is 0 Å². The standard InChI is InChI=1S/C7H5F3O.C7H7FO/c8-7(9,10)5-3-1-2-4-6(5)11;1-9-7-4-2-6(8)3-5-7/h1-4,11H;2-5H,1H3. The Morgan fingerprint density at radius 1 is 0.950 bits per heavy atom. The first-order chi connectivity index (χ1) is 9.34. The number of rotatable bonds is 1. The first-order valence-electron chi connectivity index (χ1n) is 5.49. The van der Waals surface area contributed by atoms with Crippen LogP contribution in [0.4, 0.5) is 17.6 Å². The molecule has 0 atom stereocenters. The van der Waals surface area contributed by atoms with E-state index < -0.39 is 17.5 Å². The zero-order chi connectivity index (χ0) is 15.2. The van der Waals surface area contributed by atoms with Crippen LogP contribution in [0.1, 0.15) is 5.56 Å². The van der Waals surface area contributed by atoms with Crippen molar-refractivity contribution in [2.24, 2.45) is 0 Å². The second-order valence-electron chi connectivity index (χ2n) is 3.67. The lowest BCUT2D eigenvalue weighted by Gasteiger charge is -2.06. The van der Waals surface area contributed by atoms with Crippen LogP contribution in [-0.4, -0.2) is 12.2 Å². The van der Waals surface area contributed by atoms with Gasteiger partial charge in [0.2, 0.25) is 0 Å². The predicted molar refractivity (Wildman–Crippen MR) is 66.1 cm³/mol. The van der Waals surface area contributed by atoms with E-state index in [0.29, 0.717) is 5.75 Å². The number of phenols is 1. The number of alkyl halides is 3. The third kappa shape index (κ3) is 4.79. The van der Waals surface area contributed by atoms with Crippen molar-refractivity contribution in [1.82, 2.24) is 0 Å². The maximum Gasteiger partial charge on any atom is 0.419 e. The molecule has 0 unspecified atom stereocenters. The summed E-state index contributed by atoms with van der Waals surface area (Å²) in [5.74, 6) is -0.299. The number of hydrogen-bond acceptors (Lipinski definition) is 2. The molecule has 0 spiro atoms. The molecule has 0 saturated heterocycles. The predicted octanol–water partition coefficient (Wildman–Crippen LogP) is 4.25. The Bertz CT molecular complexity index is 536. The molecule has 0 bridgehead atoms. The van der Waals surface area contributed by atoms with E-state index in [1.807, 2.05) is 0 Å². The smallest absolute Gasteiger partial charge is 0.419 e. The van der Waals surface area contributed by atoms with E-state index in [9.17, 15) is 17.6 Å². The number of para-hydroxylation sites is 1. The van der Waals surface area contributed by atoms with E-state index in [-0.39, 0.29) is 5.82 Å². The van der Waals surface area contributed by atoms with Gasteiger partial charge in [0.25, 0.3) is 0 Å². The van der Waals surface area contributed by atoms with Gasteiger partial charge < -0.3 is 9.84 Å². The van der Waals surface area contributed by atoms with Crippen LogP contribution in [0.5, 0.6) is 11.5 Å². The second-order valence-corrected chi connectivity index (χ2v) is 3.67. The Morgan fingerprint density at radius 2 is 1.50 bits per heavy atom. The molecule has 0 aliphatic heterocycles. The Labute approximate surface area is 113 Å². The number of hydrogen-bond donors (Lipinski definition) is 1. The van der Waals surface area contributed by atoms with Crippen LogP contribution < -0.4 is 4.74 Å². The molecule has 0 saturated carbocycles. The van der Waals surface area contributed by atoms with Gasteiger partial charge in [-0.3, -0.25) is 0 Å². The minimum absolute atomic E-state index is 0.240. The van der Waals surface area contributed by atoms with Gasteiger partial charge in [-0.2, -0.15) is 13.2 Å². The molecule has 0 aliphatic carbocycles. The zero-order valence-electron chi connectivity index (χ0n) is 10.5. The van der Waals surface area contributed by atoms with Crippen molar-refractivity contribution in [3.05, 3.63) is 59.9 Å². The maximum absolute atomic E-state index is 12.2. The average molecular weight is 288 g/mol. The average Bonchev–Trinajstić information content (AvgIpc) is 2.39. The van der Waals surface area contributed by atoms with Crippen LogP contribution >= 0.6 is 0 Å². The summed E-state index contributed by atoms with van der Waals surface area (Å²) in [4.78, 5) is 0. The topological polar surface area (TPSA) is 29.5 Å². The highest BCUT2D eigenvalue weighted by molar-refractivity contribution is 5.33. The van der Waals surface area contributed by atoms with Crippen molar-refractivity contribution in [3.8, 4) is 11.5 Å². The minimum Gasteiger partial charge on any atom is -0.507 e. The Kier molecular flexibility index (Phi) is 5.37. The van der Waals surface area contributed by atoms with Crippen LogP contribution in [0.3, 0.4) is 0 Å². The highest BCUT2D eigenvalue weighted by Crippen LogP contribution is 2.34. The fraction of sp³-hybridized carbons (Fsp3) is 0.143. The van der Waals surface area contributed by atoms with Crippen LogP contribution in [0.25, 0.3) is 0 Å². The summed E-state index contributed by atoms with van der Waals surface area (Å²) < 4.78 is 52.6. The van der Waals surface area contributed by atoms with E-state index in [1.54, 1.807) is 19.2 Å². The largest absolute Gasteiger partial charge is 0.507 e. The Hall–Kier alpha value is -2.24. The summed E-state index contributed by atoms with van der Waals surface area (Å²) in [5, 5.41) is 8.73. The summed E-state index contributed by atoms with van der Waals surface area (Å²) in [6.07, 6.45) is -4.47. The normalized spacial score (nSPS) is 10.4. The van der Waals surface area contributed by atoms with Crippen molar-refractivity contribution >= 4 is 0 Å². The van der Waals surface area contributed by atoms with Gasteiger partial charge in [0.15, 0.2) is 0 Å². The molecular formula is C14H12F4O2. The lowest BCUT2D eigenvalue weighted by atomic mass is 10.2. The highest BCUT2D eigenvalue weighted by Gasteiger charge is 2.33. The quantitative estimate of drug-likeness (QED) is 0.795. The number of ether oxygens (including phenoxy) is 1. The number of halogens is 4. The lowest BCUT2D eigenvalue weighted by Crippen LogP contribution is -2.04. The van der Waals surface area contributed by atoms with Crippen molar-refractivity contribution in [2.45, 2.75) is 6.18 Å². The molecular weight excluding hydrogens is 276 g/mol. The second kappa shape index (κ2) is 6.79. The molecule has 2 aromatic carbocycles. The van der Waals surface area contributed by atoms with Gasteiger partial charge in [-0.25, -0.2) is 4.39 Å². The van der Waals surface area contributed by atoms with E-state index in [1.165, 1.54) is 24.3 Å². The summed E-state index contributed by atoms with van der Waals surface area (Å²) in [6.45, 7) is 0. The molecule has 2 nitrogen and oxygen atoms in total. The Morgan fingerprint density at radius 3 is 1.90 bits per heavy atom. The van der Waals surface area contributed by atoms with E-state index in [4.69, 9.17) is 9.84 Å². The fourth-order valence-corrected chi connectivity index (χ4v) is 1.28. The number of aromatic hydroxyl groups is 1. The molecule has 0 aliphatic rings. The molecule has 1 N–H and O–H groups in total. The lowest BCUT2D eigenvalue weighted by molar-refractivity contribution is -0.138. The fourth-order valence-electron chi connectivity index (χ4n) is 1.28. The van der Waals surface area contributed by atoms with Crippen LogP contribution in [0.15, 0.2) is 48.5 Å². The van der Waals surface area contributed by atoms with Gasteiger partial charge in [-0.05, 0) is 36.4 Å². The third-order valence-electron chi connectivity index (χ3n) is 2.26. The molecule has 0 heterocycles. The van der Waals surface area contributed by atoms with Crippen molar-refractivity contribution in [1.29, 1.82) is 0 Å². The molecule has 0 amide bonds.